The van der Waals surface area contributed by atoms with Crippen molar-refractivity contribution < 1.29 is 19.1 Å². The van der Waals surface area contributed by atoms with Gasteiger partial charge in [0.1, 0.15) is 11.3 Å². The first-order valence-corrected chi connectivity index (χ1v) is 13.3. The van der Waals surface area contributed by atoms with Gasteiger partial charge in [0.25, 0.3) is 5.56 Å². The number of fused-ring (bicyclic) bond motifs is 1. The number of rotatable bonds is 7. The highest BCUT2D eigenvalue weighted by Crippen LogP contribution is 2.61. The maximum atomic E-state index is 13.4. The van der Waals surface area contributed by atoms with Crippen LogP contribution in [0, 0.1) is 11.3 Å². The molecule has 192 valence electrons. The van der Waals surface area contributed by atoms with E-state index in [0.29, 0.717) is 43.9 Å². The number of esters is 1. The summed E-state index contributed by atoms with van der Waals surface area (Å²) in [6.45, 7) is 1.73. The van der Waals surface area contributed by atoms with E-state index in [1.165, 1.54) is 38.0 Å². The molecule has 1 unspecified atom stereocenters. The first kappa shape index (κ1) is 24.6. The van der Waals surface area contributed by atoms with Crippen molar-refractivity contribution in [2.24, 2.45) is 11.3 Å². The molecule has 1 atom stereocenters. The zero-order valence-corrected chi connectivity index (χ0v) is 21.2. The number of aryl methyl sites for hydroxylation is 1. The highest BCUT2D eigenvalue weighted by Gasteiger charge is 2.58. The Labute approximate surface area is 212 Å². The summed E-state index contributed by atoms with van der Waals surface area (Å²) in [6.07, 6.45) is 9.07. The smallest absolute Gasteiger partial charge is 0.343 e. The van der Waals surface area contributed by atoms with E-state index in [9.17, 15) is 14.4 Å². The van der Waals surface area contributed by atoms with Crippen LogP contribution in [0.3, 0.4) is 0 Å². The molecule has 0 saturated heterocycles. The standard InChI is InChI=1S/C29H36N2O5/c1-35-28(34)26-23-12-15-30(27(33)22-20-29(22)13-6-3-7-14-29)16-17-31(23)25(32)19-24(26)36-18-8-11-21-9-4-2-5-10-21/h2,4-5,9-10,19,22H,3,6-8,11-18,20H2,1H3. The van der Waals surface area contributed by atoms with Crippen LogP contribution in [0.2, 0.25) is 0 Å². The topological polar surface area (TPSA) is 77.8 Å². The van der Waals surface area contributed by atoms with E-state index in [0.717, 1.165) is 32.1 Å². The summed E-state index contributed by atoms with van der Waals surface area (Å²) in [6, 6.07) is 11.5. The number of hydrogen-bond donors (Lipinski definition) is 0. The minimum absolute atomic E-state index is 0.124. The molecular formula is C29H36N2O5. The van der Waals surface area contributed by atoms with Crippen molar-refractivity contribution in [1.82, 2.24) is 9.47 Å². The fourth-order valence-electron chi connectivity index (χ4n) is 6.23. The second-order valence-electron chi connectivity index (χ2n) is 10.5. The molecule has 0 radical (unpaired) electrons. The van der Waals surface area contributed by atoms with E-state index in [4.69, 9.17) is 9.47 Å². The van der Waals surface area contributed by atoms with E-state index < -0.39 is 5.97 Å². The Balaban J connectivity index is 1.30. The van der Waals surface area contributed by atoms with Crippen LogP contribution >= 0.6 is 0 Å². The van der Waals surface area contributed by atoms with Gasteiger partial charge in [0.05, 0.1) is 13.7 Å². The minimum atomic E-state index is -0.514. The predicted octanol–water partition coefficient (Wildman–Crippen LogP) is 4.00. The van der Waals surface area contributed by atoms with Crippen LogP contribution in [0.25, 0.3) is 0 Å². The average Bonchev–Trinajstić information content (AvgIpc) is 3.64. The minimum Gasteiger partial charge on any atom is -0.492 e. The molecule has 0 bridgehead atoms. The number of carbonyl (C=O) groups excluding carboxylic acids is 2. The SMILES string of the molecule is COC(=O)c1c(OCCCc2ccccc2)cc(=O)n2c1CCN(C(=O)C1CC13CCCCC3)CC2. The van der Waals surface area contributed by atoms with E-state index in [-0.39, 0.29) is 28.5 Å². The largest absolute Gasteiger partial charge is 0.492 e. The molecule has 5 rings (SSSR count). The van der Waals surface area contributed by atoms with Gasteiger partial charge in [0.2, 0.25) is 5.91 Å². The van der Waals surface area contributed by atoms with Crippen molar-refractivity contribution in [2.75, 3.05) is 26.8 Å². The highest BCUT2D eigenvalue weighted by atomic mass is 16.5. The molecule has 1 aromatic heterocycles. The van der Waals surface area contributed by atoms with Crippen molar-refractivity contribution in [3.05, 3.63) is 63.6 Å². The molecule has 2 aromatic rings. The Morgan fingerprint density at radius 1 is 1.06 bits per heavy atom. The third-order valence-electron chi connectivity index (χ3n) is 8.34. The number of aromatic nitrogens is 1. The van der Waals surface area contributed by atoms with Gasteiger partial charge in [-0.2, -0.15) is 0 Å². The van der Waals surface area contributed by atoms with Crippen LogP contribution in [0.1, 0.15) is 66.6 Å². The van der Waals surface area contributed by atoms with E-state index in [2.05, 4.69) is 12.1 Å². The lowest BCUT2D eigenvalue weighted by Gasteiger charge is -2.25. The molecule has 1 spiro atoms. The van der Waals surface area contributed by atoms with E-state index in [1.807, 2.05) is 23.1 Å². The number of methoxy groups -OCH3 is 1. The van der Waals surface area contributed by atoms with Gasteiger partial charge >= 0.3 is 5.97 Å². The predicted molar refractivity (Wildman–Crippen MR) is 136 cm³/mol. The van der Waals surface area contributed by atoms with Crippen molar-refractivity contribution in [1.29, 1.82) is 0 Å². The molecule has 7 nitrogen and oxygen atoms in total. The number of carbonyl (C=O) groups is 2. The van der Waals surface area contributed by atoms with Crippen molar-refractivity contribution in [3.8, 4) is 5.75 Å². The van der Waals surface area contributed by atoms with Crippen molar-refractivity contribution in [2.45, 2.75) is 64.3 Å². The van der Waals surface area contributed by atoms with Gasteiger partial charge in [-0.1, -0.05) is 49.6 Å². The summed E-state index contributed by atoms with van der Waals surface area (Å²) in [5, 5.41) is 0. The molecule has 0 N–H and O–H groups in total. The highest BCUT2D eigenvalue weighted by molar-refractivity contribution is 5.93. The first-order valence-electron chi connectivity index (χ1n) is 13.3. The second kappa shape index (κ2) is 10.5. The second-order valence-corrected chi connectivity index (χ2v) is 10.5. The molecule has 2 fully saturated rings. The quantitative estimate of drug-likeness (QED) is 0.431. The maximum absolute atomic E-state index is 13.4. The van der Waals surface area contributed by atoms with Gasteiger partial charge in [0, 0.05) is 43.7 Å². The average molecular weight is 493 g/mol. The van der Waals surface area contributed by atoms with Crippen LogP contribution in [0.5, 0.6) is 5.75 Å². The van der Waals surface area contributed by atoms with Gasteiger partial charge in [-0.3, -0.25) is 9.59 Å². The molecule has 36 heavy (non-hydrogen) atoms. The van der Waals surface area contributed by atoms with Crippen molar-refractivity contribution in [3.63, 3.8) is 0 Å². The van der Waals surface area contributed by atoms with Gasteiger partial charge in [-0.05, 0) is 43.1 Å². The van der Waals surface area contributed by atoms with Gasteiger partial charge < -0.3 is 18.9 Å². The molecule has 1 amide bonds. The Hall–Kier alpha value is -3.09. The summed E-state index contributed by atoms with van der Waals surface area (Å²) < 4.78 is 12.7. The summed E-state index contributed by atoms with van der Waals surface area (Å²) >= 11 is 0. The Bertz CT molecular complexity index is 1170. The monoisotopic (exact) mass is 492 g/mol. The molecule has 1 aromatic carbocycles. The lowest BCUT2D eigenvalue weighted by atomic mass is 9.84. The van der Waals surface area contributed by atoms with Gasteiger partial charge in [-0.15, -0.1) is 0 Å². The van der Waals surface area contributed by atoms with Gasteiger partial charge in [-0.25, -0.2) is 4.79 Å². The number of benzene rings is 1. The molecule has 1 aliphatic heterocycles. The number of nitrogens with zero attached hydrogens (tertiary/aromatic N) is 2. The third kappa shape index (κ3) is 4.93. The molecule has 2 saturated carbocycles. The van der Waals surface area contributed by atoms with E-state index in [1.54, 1.807) is 4.57 Å². The van der Waals surface area contributed by atoms with E-state index >= 15 is 0 Å². The number of ether oxygens (including phenoxy) is 2. The summed E-state index contributed by atoms with van der Waals surface area (Å²) in [5.74, 6) is 0.100. The number of hydrogen-bond acceptors (Lipinski definition) is 5. The molecule has 2 heterocycles. The molecule has 3 aliphatic rings. The zero-order chi connectivity index (χ0) is 25.1. The fourth-order valence-corrected chi connectivity index (χ4v) is 6.23. The van der Waals surface area contributed by atoms with Crippen LogP contribution in [0.15, 0.2) is 41.2 Å². The Morgan fingerprint density at radius 3 is 2.58 bits per heavy atom. The lowest BCUT2D eigenvalue weighted by molar-refractivity contribution is -0.133. The van der Waals surface area contributed by atoms with Crippen LogP contribution < -0.4 is 10.3 Å². The van der Waals surface area contributed by atoms with Crippen LogP contribution in [-0.4, -0.2) is 48.1 Å². The Kier molecular flexibility index (Phi) is 7.17. The summed E-state index contributed by atoms with van der Waals surface area (Å²) in [4.78, 5) is 41.2. The lowest BCUT2D eigenvalue weighted by Crippen LogP contribution is -2.36. The Morgan fingerprint density at radius 2 is 1.83 bits per heavy atom. The number of amides is 1. The third-order valence-corrected chi connectivity index (χ3v) is 8.34. The van der Waals surface area contributed by atoms with Crippen LogP contribution in [0.4, 0.5) is 0 Å². The normalized spacial score (nSPS) is 20.4. The first-order chi connectivity index (χ1) is 17.5. The molecular weight excluding hydrogens is 456 g/mol. The summed E-state index contributed by atoms with van der Waals surface area (Å²) in [5.41, 5.74) is 2.14. The number of pyridine rings is 1. The molecule has 2 aliphatic carbocycles. The van der Waals surface area contributed by atoms with Gasteiger partial charge in [0.15, 0.2) is 0 Å². The molecule has 7 heteroatoms. The zero-order valence-electron chi connectivity index (χ0n) is 21.2. The fraction of sp³-hybridized carbons (Fsp3) is 0.552. The summed E-state index contributed by atoms with van der Waals surface area (Å²) in [7, 11) is 1.34. The van der Waals surface area contributed by atoms with Crippen molar-refractivity contribution >= 4 is 11.9 Å². The maximum Gasteiger partial charge on any atom is 0.343 e. The van der Waals surface area contributed by atoms with Crippen LogP contribution in [-0.2, 0) is 28.9 Å².